The second kappa shape index (κ2) is 3.69. The number of aryl methyl sites for hydroxylation is 1. The van der Waals surface area contributed by atoms with Crippen LogP contribution in [0, 0.1) is 0 Å². The molecule has 1 atom stereocenters. The average Bonchev–Trinajstić information content (AvgIpc) is 2.50. The van der Waals surface area contributed by atoms with E-state index in [1.807, 2.05) is 0 Å². The first-order valence-corrected chi connectivity index (χ1v) is 4.56. The highest BCUT2D eigenvalue weighted by atomic mass is 32.1. The van der Waals surface area contributed by atoms with Gasteiger partial charge in [-0.05, 0) is 18.6 Å². The van der Waals surface area contributed by atoms with E-state index in [0.717, 1.165) is 6.42 Å². The number of hydrogen-bond donors (Lipinski definition) is 1. The highest BCUT2D eigenvalue weighted by molar-refractivity contribution is 7.12. The Bertz CT molecular complexity index is 239. The van der Waals surface area contributed by atoms with Gasteiger partial charge in [0.2, 0.25) is 0 Å². The molecule has 0 amide bonds. The van der Waals surface area contributed by atoms with E-state index in [1.54, 1.807) is 17.4 Å². The fourth-order valence-electron chi connectivity index (χ4n) is 0.880. The van der Waals surface area contributed by atoms with Gasteiger partial charge in [0.05, 0.1) is 6.04 Å². The Morgan fingerprint density at radius 2 is 2.45 bits per heavy atom. The number of thiophene rings is 1. The molecule has 0 aromatic carbocycles. The summed E-state index contributed by atoms with van der Waals surface area (Å²) in [7, 11) is 0. The molecular formula is C9H13NS. The van der Waals surface area contributed by atoms with Crippen LogP contribution in [-0.4, -0.2) is 0 Å². The van der Waals surface area contributed by atoms with Crippen LogP contribution >= 0.6 is 11.3 Å². The Labute approximate surface area is 71.5 Å². The monoisotopic (exact) mass is 167 g/mol. The van der Waals surface area contributed by atoms with E-state index in [9.17, 15) is 0 Å². The lowest BCUT2D eigenvalue weighted by atomic mass is 10.2. The van der Waals surface area contributed by atoms with Crippen LogP contribution in [0.5, 0.6) is 0 Å². The van der Waals surface area contributed by atoms with Gasteiger partial charge in [0.1, 0.15) is 0 Å². The molecule has 1 aromatic rings. The highest BCUT2D eigenvalue weighted by Gasteiger charge is 2.03. The summed E-state index contributed by atoms with van der Waals surface area (Å²) in [5, 5.41) is 0. The number of rotatable bonds is 3. The van der Waals surface area contributed by atoms with Crippen molar-refractivity contribution < 1.29 is 0 Å². The molecule has 0 bridgehead atoms. The van der Waals surface area contributed by atoms with Gasteiger partial charge in [-0.2, -0.15) is 0 Å². The zero-order valence-electron chi connectivity index (χ0n) is 6.71. The molecule has 0 aliphatic carbocycles. The van der Waals surface area contributed by atoms with Gasteiger partial charge in [-0.3, -0.25) is 0 Å². The topological polar surface area (TPSA) is 26.0 Å². The zero-order chi connectivity index (χ0) is 8.27. The maximum absolute atomic E-state index is 5.75. The second-order valence-corrected chi connectivity index (χ2v) is 3.62. The molecule has 0 unspecified atom stereocenters. The van der Waals surface area contributed by atoms with Crippen LogP contribution in [0.15, 0.2) is 24.8 Å². The normalized spacial score (nSPS) is 12.9. The molecule has 0 spiro atoms. The van der Waals surface area contributed by atoms with Crippen molar-refractivity contribution in [3.8, 4) is 0 Å². The Morgan fingerprint density at radius 3 is 2.91 bits per heavy atom. The molecule has 60 valence electrons. The smallest absolute Gasteiger partial charge is 0.0573 e. The average molecular weight is 167 g/mol. The molecule has 1 nitrogen and oxygen atoms in total. The minimum absolute atomic E-state index is 0.0142. The molecule has 0 aliphatic rings. The van der Waals surface area contributed by atoms with Crippen molar-refractivity contribution in [2.45, 2.75) is 19.4 Å². The first-order valence-electron chi connectivity index (χ1n) is 3.74. The van der Waals surface area contributed by atoms with Gasteiger partial charge in [-0.25, -0.2) is 0 Å². The van der Waals surface area contributed by atoms with E-state index >= 15 is 0 Å². The quantitative estimate of drug-likeness (QED) is 0.688. The summed E-state index contributed by atoms with van der Waals surface area (Å²) < 4.78 is 0. The van der Waals surface area contributed by atoms with Crippen LogP contribution in [0.2, 0.25) is 0 Å². The van der Waals surface area contributed by atoms with Gasteiger partial charge in [-0.15, -0.1) is 17.9 Å². The molecule has 0 fully saturated rings. The predicted molar refractivity (Wildman–Crippen MR) is 50.8 cm³/mol. The lowest BCUT2D eigenvalue weighted by molar-refractivity contribution is 0.940. The van der Waals surface area contributed by atoms with Gasteiger partial charge < -0.3 is 5.73 Å². The van der Waals surface area contributed by atoms with E-state index in [4.69, 9.17) is 5.73 Å². The zero-order valence-corrected chi connectivity index (χ0v) is 7.53. The Morgan fingerprint density at radius 1 is 1.73 bits per heavy atom. The standard InChI is InChI=1S/C9H13NS/c1-3-7-5-6-9(11-7)8(10)4-2/h4-6,8H,2-3,10H2,1H3/t8-/m0/s1. The third-order valence-electron chi connectivity index (χ3n) is 1.61. The van der Waals surface area contributed by atoms with E-state index in [-0.39, 0.29) is 6.04 Å². The van der Waals surface area contributed by atoms with Gasteiger partial charge in [-0.1, -0.05) is 13.0 Å². The van der Waals surface area contributed by atoms with Crippen molar-refractivity contribution in [3.63, 3.8) is 0 Å². The molecule has 1 rings (SSSR count). The molecular weight excluding hydrogens is 154 g/mol. The summed E-state index contributed by atoms with van der Waals surface area (Å²) in [6, 6.07) is 4.22. The third-order valence-corrected chi connectivity index (χ3v) is 2.94. The Balaban J connectivity index is 2.79. The van der Waals surface area contributed by atoms with E-state index in [2.05, 4.69) is 25.6 Å². The van der Waals surface area contributed by atoms with E-state index < -0.39 is 0 Å². The van der Waals surface area contributed by atoms with Crippen LogP contribution in [-0.2, 0) is 6.42 Å². The molecule has 11 heavy (non-hydrogen) atoms. The fourth-order valence-corrected chi connectivity index (χ4v) is 1.83. The van der Waals surface area contributed by atoms with Crippen molar-refractivity contribution in [2.24, 2.45) is 5.73 Å². The van der Waals surface area contributed by atoms with Gasteiger partial charge >= 0.3 is 0 Å². The summed E-state index contributed by atoms with van der Waals surface area (Å²) in [5.74, 6) is 0. The van der Waals surface area contributed by atoms with Gasteiger partial charge in [0.15, 0.2) is 0 Å². The lowest BCUT2D eigenvalue weighted by Crippen LogP contribution is -2.03. The Kier molecular flexibility index (Phi) is 2.85. The molecule has 2 N–H and O–H groups in total. The summed E-state index contributed by atoms with van der Waals surface area (Å²) in [5.41, 5.74) is 5.75. The summed E-state index contributed by atoms with van der Waals surface area (Å²) >= 11 is 1.77. The summed E-state index contributed by atoms with van der Waals surface area (Å²) in [4.78, 5) is 2.59. The SMILES string of the molecule is C=C[C@H](N)c1ccc(CC)s1. The van der Waals surface area contributed by atoms with Gasteiger partial charge in [0, 0.05) is 9.75 Å². The molecule has 2 heteroatoms. The predicted octanol–water partition coefficient (Wildman–Crippen LogP) is 2.50. The fraction of sp³-hybridized carbons (Fsp3) is 0.333. The molecule has 0 saturated carbocycles. The highest BCUT2D eigenvalue weighted by Crippen LogP contribution is 2.22. The van der Waals surface area contributed by atoms with Gasteiger partial charge in [0.25, 0.3) is 0 Å². The van der Waals surface area contributed by atoms with Crippen LogP contribution in [0.1, 0.15) is 22.7 Å². The first-order chi connectivity index (χ1) is 5.27. The third kappa shape index (κ3) is 1.91. The Hall–Kier alpha value is -0.600. The van der Waals surface area contributed by atoms with Crippen molar-refractivity contribution in [1.29, 1.82) is 0 Å². The van der Waals surface area contributed by atoms with Crippen LogP contribution in [0.3, 0.4) is 0 Å². The first kappa shape index (κ1) is 8.50. The maximum Gasteiger partial charge on any atom is 0.0573 e. The van der Waals surface area contributed by atoms with E-state index in [0.29, 0.717) is 0 Å². The van der Waals surface area contributed by atoms with Crippen molar-refractivity contribution in [1.82, 2.24) is 0 Å². The minimum atomic E-state index is 0.0142. The van der Waals surface area contributed by atoms with Crippen molar-refractivity contribution in [2.75, 3.05) is 0 Å². The molecule has 0 aliphatic heterocycles. The van der Waals surface area contributed by atoms with E-state index in [1.165, 1.54) is 9.75 Å². The number of hydrogen-bond acceptors (Lipinski definition) is 2. The largest absolute Gasteiger partial charge is 0.320 e. The van der Waals surface area contributed by atoms with Crippen LogP contribution < -0.4 is 5.73 Å². The maximum atomic E-state index is 5.75. The van der Waals surface area contributed by atoms with Crippen molar-refractivity contribution >= 4 is 11.3 Å². The summed E-state index contributed by atoms with van der Waals surface area (Å²) in [6.07, 6.45) is 2.86. The molecule has 1 aromatic heterocycles. The summed E-state index contributed by atoms with van der Waals surface area (Å²) in [6.45, 7) is 5.80. The lowest BCUT2D eigenvalue weighted by Gasteiger charge is -1.99. The molecule has 0 saturated heterocycles. The second-order valence-electron chi connectivity index (χ2n) is 2.42. The molecule has 1 heterocycles. The van der Waals surface area contributed by atoms with Crippen LogP contribution in [0.4, 0.5) is 0 Å². The van der Waals surface area contributed by atoms with Crippen molar-refractivity contribution in [3.05, 3.63) is 34.5 Å². The number of nitrogens with two attached hydrogens (primary N) is 1. The molecule has 0 radical (unpaired) electrons. The van der Waals surface area contributed by atoms with Crippen LogP contribution in [0.25, 0.3) is 0 Å². The minimum Gasteiger partial charge on any atom is -0.320 e.